The molecule has 20 heavy (non-hydrogen) atoms. The highest BCUT2D eigenvalue weighted by molar-refractivity contribution is 7.12. The van der Waals surface area contributed by atoms with Crippen LogP contribution in [0.1, 0.15) is 21.0 Å². The van der Waals surface area contributed by atoms with E-state index in [4.69, 9.17) is 5.11 Å². The fourth-order valence-corrected chi connectivity index (χ4v) is 2.38. The van der Waals surface area contributed by atoms with E-state index < -0.39 is 0 Å². The molecule has 104 valence electrons. The zero-order valence-electron chi connectivity index (χ0n) is 11.4. The van der Waals surface area contributed by atoms with E-state index in [0.29, 0.717) is 5.69 Å². The Kier molecular flexibility index (Phi) is 4.65. The summed E-state index contributed by atoms with van der Waals surface area (Å²) in [6.45, 7) is 3.79. The van der Waals surface area contributed by atoms with Crippen LogP contribution in [-0.4, -0.2) is 16.0 Å². The van der Waals surface area contributed by atoms with Crippen molar-refractivity contribution < 1.29 is 9.90 Å². The number of nitrogens with zero attached hydrogens (tertiary/aromatic N) is 1. The van der Waals surface area contributed by atoms with Crippen molar-refractivity contribution in [3.05, 3.63) is 51.5 Å². The Morgan fingerprint density at radius 1 is 1.45 bits per heavy atom. The van der Waals surface area contributed by atoms with Gasteiger partial charge in [-0.2, -0.15) is 0 Å². The Morgan fingerprint density at radius 3 is 2.90 bits per heavy atom. The van der Waals surface area contributed by atoms with E-state index in [9.17, 15) is 4.79 Å². The molecule has 2 N–H and O–H groups in total. The average molecular weight is 288 g/mol. The second kappa shape index (κ2) is 6.45. The lowest BCUT2D eigenvalue weighted by atomic mass is 10.1. The number of benzene rings is 1. The van der Waals surface area contributed by atoms with Gasteiger partial charge in [0, 0.05) is 22.8 Å². The van der Waals surface area contributed by atoms with E-state index in [1.165, 1.54) is 17.4 Å². The van der Waals surface area contributed by atoms with Gasteiger partial charge in [-0.05, 0) is 37.1 Å². The third-order valence-corrected chi connectivity index (χ3v) is 3.66. The molecule has 0 unspecified atom stereocenters. The maximum absolute atomic E-state index is 11.9. The summed E-state index contributed by atoms with van der Waals surface area (Å²) in [5, 5.41) is 12.9. The third kappa shape index (κ3) is 3.76. The zero-order valence-corrected chi connectivity index (χ0v) is 12.2. The highest BCUT2D eigenvalue weighted by Gasteiger charge is 2.03. The number of carbonyl (C=O) groups is 1. The number of nitrogens with one attached hydrogen (secondary N) is 1. The fraction of sp³-hybridized carbons (Fsp3) is 0.200. The van der Waals surface area contributed by atoms with Crippen molar-refractivity contribution >= 4 is 29.0 Å². The maximum Gasteiger partial charge on any atom is 0.248 e. The molecule has 0 aliphatic rings. The quantitative estimate of drug-likeness (QED) is 0.850. The van der Waals surface area contributed by atoms with Crippen LogP contribution >= 0.6 is 11.3 Å². The second-order valence-corrected chi connectivity index (χ2v) is 5.68. The van der Waals surface area contributed by atoms with Crippen LogP contribution in [-0.2, 0) is 11.4 Å². The van der Waals surface area contributed by atoms with Crippen LogP contribution in [0.2, 0.25) is 0 Å². The Labute approximate surface area is 121 Å². The summed E-state index contributed by atoms with van der Waals surface area (Å²) in [5.74, 6) is -0.200. The van der Waals surface area contributed by atoms with E-state index in [2.05, 4.69) is 10.3 Å². The molecule has 0 atom stereocenters. The largest absolute Gasteiger partial charge is 0.392 e. The molecule has 0 bridgehead atoms. The fourth-order valence-electron chi connectivity index (χ4n) is 1.69. The molecule has 0 spiro atoms. The van der Waals surface area contributed by atoms with Crippen LogP contribution in [0.5, 0.6) is 0 Å². The smallest absolute Gasteiger partial charge is 0.248 e. The van der Waals surface area contributed by atoms with Gasteiger partial charge in [0.15, 0.2) is 0 Å². The van der Waals surface area contributed by atoms with Gasteiger partial charge in [0.05, 0.1) is 11.6 Å². The molecule has 2 aromatic rings. The topological polar surface area (TPSA) is 62.2 Å². The highest BCUT2D eigenvalue weighted by Crippen LogP contribution is 2.17. The van der Waals surface area contributed by atoms with E-state index in [1.807, 2.05) is 26.0 Å². The highest BCUT2D eigenvalue weighted by atomic mass is 32.1. The molecule has 1 amide bonds. The van der Waals surface area contributed by atoms with Crippen molar-refractivity contribution in [1.82, 2.24) is 4.98 Å². The van der Waals surface area contributed by atoms with Gasteiger partial charge in [0.1, 0.15) is 0 Å². The normalized spacial score (nSPS) is 10.9. The Hall–Kier alpha value is -1.98. The number of rotatable bonds is 4. The third-order valence-electron chi connectivity index (χ3n) is 2.78. The molecule has 0 aliphatic carbocycles. The second-order valence-electron chi connectivity index (χ2n) is 4.41. The van der Waals surface area contributed by atoms with Crippen molar-refractivity contribution in [1.29, 1.82) is 0 Å². The first-order chi connectivity index (χ1) is 9.58. The Morgan fingerprint density at radius 2 is 2.25 bits per heavy atom. The first-order valence-corrected chi connectivity index (χ1v) is 7.02. The first-order valence-electron chi connectivity index (χ1n) is 6.20. The van der Waals surface area contributed by atoms with E-state index in [1.54, 1.807) is 18.3 Å². The predicted molar refractivity (Wildman–Crippen MR) is 81.6 cm³/mol. The average Bonchev–Trinajstić information content (AvgIpc) is 2.85. The number of aliphatic hydroxyl groups excluding tert-OH is 1. The Bertz CT molecular complexity index is 647. The minimum absolute atomic E-state index is 0.0425. The summed E-state index contributed by atoms with van der Waals surface area (Å²) < 4.78 is 0. The maximum atomic E-state index is 11.9. The van der Waals surface area contributed by atoms with Crippen molar-refractivity contribution in [3.63, 3.8) is 0 Å². The minimum Gasteiger partial charge on any atom is -0.392 e. The molecule has 5 heteroatoms. The molecule has 1 heterocycles. The van der Waals surface area contributed by atoms with Crippen molar-refractivity contribution in [3.8, 4) is 0 Å². The summed E-state index contributed by atoms with van der Waals surface area (Å²) in [6.07, 6.45) is 4.96. The summed E-state index contributed by atoms with van der Waals surface area (Å²) >= 11 is 1.53. The molecular weight excluding hydrogens is 272 g/mol. The summed E-state index contributed by atoms with van der Waals surface area (Å²) in [7, 11) is 0. The van der Waals surface area contributed by atoms with Crippen molar-refractivity contribution in [2.45, 2.75) is 20.5 Å². The first kappa shape index (κ1) is 14.4. The molecular formula is C15H16N2O2S. The minimum atomic E-state index is -0.200. The van der Waals surface area contributed by atoms with Crippen LogP contribution in [0.4, 0.5) is 5.69 Å². The molecule has 0 saturated heterocycles. The number of amides is 1. The summed E-state index contributed by atoms with van der Waals surface area (Å²) in [5.41, 5.74) is 2.44. The number of aryl methyl sites for hydroxylation is 2. The van der Waals surface area contributed by atoms with Crippen LogP contribution in [0, 0.1) is 13.8 Å². The predicted octanol–water partition coefficient (Wildman–Crippen LogP) is 2.90. The van der Waals surface area contributed by atoms with Crippen molar-refractivity contribution in [2.24, 2.45) is 0 Å². The van der Waals surface area contributed by atoms with Gasteiger partial charge in [-0.15, -0.1) is 11.3 Å². The van der Waals surface area contributed by atoms with Gasteiger partial charge in [0.2, 0.25) is 5.91 Å². The number of anilines is 1. The van der Waals surface area contributed by atoms with E-state index in [0.717, 1.165) is 21.0 Å². The van der Waals surface area contributed by atoms with Gasteiger partial charge >= 0.3 is 0 Å². The van der Waals surface area contributed by atoms with Gasteiger partial charge in [-0.25, -0.2) is 4.98 Å². The lowest BCUT2D eigenvalue weighted by Gasteiger charge is -2.08. The number of carbonyl (C=O) groups excluding carboxylic acids is 1. The molecule has 0 fully saturated rings. The number of aliphatic hydroxyl groups is 1. The van der Waals surface area contributed by atoms with E-state index >= 15 is 0 Å². The summed E-state index contributed by atoms with van der Waals surface area (Å²) in [6, 6.07) is 5.48. The molecule has 2 rings (SSSR count). The van der Waals surface area contributed by atoms with Crippen LogP contribution < -0.4 is 5.32 Å². The molecule has 1 aromatic carbocycles. The Balaban J connectivity index is 2.06. The molecule has 0 aliphatic heterocycles. The lowest BCUT2D eigenvalue weighted by molar-refractivity contribution is -0.111. The van der Waals surface area contributed by atoms with Crippen molar-refractivity contribution in [2.75, 3.05) is 5.32 Å². The molecule has 0 radical (unpaired) electrons. The molecule has 0 saturated carbocycles. The summed E-state index contributed by atoms with van der Waals surface area (Å²) in [4.78, 5) is 16.9. The van der Waals surface area contributed by atoms with E-state index in [-0.39, 0.29) is 12.5 Å². The van der Waals surface area contributed by atoms with Gasteiger partial charge in [-0.1, -0.05) is 12.1 Å². The number of thiazole rings is 1. The van der Waals surface area contributed by atoms with Gasteiger partial charge in [-0.3, -0.25) is 4.79 Å². The number of hydrogen-bond donors (Lipinski definition) is 2. The standard InChI is InChI=1S/C15H16N2O2S/c1-10-3-4-12(9-18)7-14(10)17-15(19)6-5-13-8-16-11(2)20-13/h3-8,18H,9H2,1-2H3,(H,17,19)/b6-5+. The van der Waals surface area contributed by atoms with Crippen LogP contribution in [0.15, 0.2) is 30.5 Å². The van der Waals surface area contributed by atoms with Crippen LogP contribution in [0.3, 0.4) is 0 Å². The zero-order chi connectivity index (χ0) is 14.5. The SMILES string of the molecule is Cc1ncc(/C=C/C(=O)Nc2cc(CO)ccc2C)s1. The van der Waals surface area contributed by atoms with Gasteiger partial charge < -0.3 is 10.4 Å². The molecule has 4 nitrogen and oxygen atoms in total. The number of hydrogen-bond acceptors (Lipinski definition) is 4. The lowest BCUT2D eigenvalue weighted by Crippen LogP contribution is -2.09. The molecule has 1 aromatic heterocycles. The number of aromatic nitrogens is 1. The monoisotopic (exact) mass is 288 g/mol. The van der Waals surface area contributed by atoms with Gasteiger partial charge in [0.25, 0.3) is 0 Å². The van der Waals surface area contributed by atoms with Crippen LogP contribution in [0.25, 0.3) is 6.08 Å².